The van der Waals surface area contributed by atoms with E-state index in [1.807, 2.05) is 0 Å². The molecule has 0 saturated heterocycles. The van der Waals surface area contributed by atoms with Gasteiger partial charge in [-0.25, -0.2) is 8.78 Å². The Morgan fingerprint density at radius 3 is 2.75 bits per heavy atom. The van der Waals surface area contributed by atoms with Crippen LogP contribution in [0.5, 0.6) is 0 Å². The number of non-ortho nitro benzene ring substituents is 1. The van der Waals surface area contributed by atoms with Crippen LogP contribution in [0.25, 0.3) is 0 Å². The molecule has 2 aromatic rings. The van der Waals surface area contributed by atoms with Gasteiger partial charge < -0.3 is 5.32 Å². The number of rotatable bonds is 5. The van der Waals surface area contributed by atoms with E-state index in [-0.39, 0.29) is 17.9 Å². The van der Waals surface area contributed by atoms with Gasteiger partial charge in [0.1, 0.15) is 0 Å². The summed E-state index contributed by atoms with van der Waals surface area (Å²) < 4.78 is 25.8. The molecule has 6 nitrogen and oxygen atoms in total. The molecule has 104 valence electrons. The van der Waals surface area contributed by atoms with Gasteiger partial charge in [0.15, 0.2) is 0 Å². The zero-order valence-corrected chi connectivity index (χ0v) is 10.2. The van der Waals surface area contributed by atoms with Crippen molar-refractivity contribution in [2.75, 3.05) is 5.32 Å². The number of halogens is 2. The van der Waals surface area contributed by atoms with Gasteiger partial charge in [-0.15, -0.1) is 0 Å². The van der Waals surface area contributed by atoms with Gasteiger partial charge in [-0.3, -0.25) is 10.1 Å². The molecule has 0 spiro atoms. The summed E-state index contributed by atoms with van der Waals surface area (Å²) in [6, 6.07) is 6.66. The number of alkyl halides is 2. The number of nitro benzene ring substituents is 1. The lowest BCUT2D eigenvalue weighted by Crippen LogP contribution is -2.05. The Hall–Kier alpha value is -2.64. The Morgan fingerprint density at radius 1 is 1.35 bits per heavy atom. The number of nitro groups is 1. The van der Waals surface area contributed by atoms with Crippen molar-refractivity contribution in [3.05, 3.63) is 57.9 Å². The van der Waals surface area contributed by atoms with Crippen LogP contribution in [0.15, 0.2) is 36.5 Å². The summed E-state index contributed by atoms with van der Waals surface area (Å²) in [4.78, 5) is 9.88. The Morgan fingerprint density at radius 2 is 2.15 bits per heavy atom. The highest BCUT2D eigenvalue weighted by molar-refractivity contribution is 5.56. The average molecular weight is 280 g/mol. The lowest BCUT2D eigenvalue weighted by Gasteiger charge is -2.10. The van der Waals surface area contributed by atoms with E-state index in [9.17, 15) is 18.9 Å². The van der Waals surface area contributed by atoms with Gasteiger partial charge in [0.05, 0.1) is 17.2 Å². The van der Waals surface area contributed by atoms with E-state index < -0.39 is 16.9 Å². The molecule has 0 radical (unpaired) electrons. The van der Waals surface area contributed by atoms with Gasteiger partial charge in [-0.2, -0.15) is 10.2 Å². The Labute approximate surface area is 112 Å². The topological polar surface area (TPSA) is 81.0 Å². The minimum Gasteiger partial charge on any atom is -0.379 e. The summed E-state index contributed by atoms with van der Waals surface area (Å²) in [6.45, 7) is 0.200. The molecule has 0 saturated carbocycles. The zero-order chi connectivity index (χ0) is 14.5. The summed E-state index contributed by atoms with van der Waals surface area (Å²) in [5.74, 6) is 0. The first kappa shape index (κ1) is 13.8. The molecule has 1 aromatic carbocycles. The predicted octanol–water partition coefficient (Wildman–Crippen LogP) is 2.93. The largest absolute Gasteiger partial charge is 0.379 e. The Kier molecular flexibility index (Phi) is 4.14. The monoisotopic (exact) mass is 280 g/mol. The van der Waals surface area contributed by atoms with Crippen LogP contribution >= 0.6 is 0 Å². The fraction of sp³-hybridized carbons (Fsp3) is 0.167. The second kappa shape index (κ2) is 6.00. The first-order valence-electron chi connectivity index (χ1n) is 5.65. The molecule has 0 fully saturated rings. The summed E-state index contributed by atoms with van der Waals surface area (Å²) in [5, 5.41) is 20.8. The van der Waals surface area contributed by atoms with Gasteiger partial charge in [-0.1, -0.05) is 0 Å². The highest BCUT2D eigenvalue weighted by Crippen LogP contribution is 2.30. The van der Waals surface area contributed by atoms with Crippen molar-refractivity contribution in [1.82, 2.24) is 10.2 Å². The smallest absolute Gasteiger partial charge is 0.270 e. The summed E-state index contributed by atoms with van der Waals surface area (Å²) >= 11 is 0. The van der Waals surface area contributed by atoms with E-state index in [1.165, 1.54) is 18.3 Å². The minimum absolute atomic E-state index is 0.135. The number of aromatic nitrogens is 2. The first-order valence-corrected chi connectivity index (χ1v) is 5.65. The molecule has 20 heavy (non-hydrogen) atoms. The Balaban J connectivity index is 2.20. The van der Waals surface area contributed by atoms with Crippen molar-refractivity contribution in [3.8, 4) is 0 Å². The lowest BCUT2D eigenvalue weighted by atomic mass is 10.1. The number of hydrogen-bond donors (Lipinski definition) is 1. The van der Waals surface area contributed by atoms with Crippen LogP contribution in [0.1, 0.15) is 17.7 Å². The van der Waals surface area contributed by atoms with Crippen molar-refractivity contribution in [2.45, 2.75) is 13.0 Å². The number of benzene rings is 1. The van der Waals surface area contributed by atoms with Crippen LogP contribution in [0.2, 0.25) is 0 Å². The molecular formula is C12H10F2N4O2. The quantitative estimate of drug-likeness (QED) is 0.672. The maximum Gasteiger partial charge on any atom is 0.270 e. The van der Waals surface area contributed by atoms with Crippen molar-refractivity contribution < 1.29 is 13.7 Å². The van der Waals surface area contributed by atoms with Crippen molar-refractivity contribution >= 4 is 11.4 Å². The van der Waals surface area contributed by atoms with Gasteiger partial charge in [0.2, 0.25) is 0 Å². The number of hydrogen-bond acceptors (Lipinski definition) is 5. The third-order valence-electron chi connectivity index (χ3n) is 2.57. The molecule has 1 N–H and O–H groups in total. The highest BCUT2D eigenvalue weighted by atomic mass is 19.3. The highest BCUT2D eigenvalue weighted by Gasteiger charge is 2.17. The molecule has 0 aliphatic heterocycles. The molecule has 0 atom stereocenters. The second-order valence-corrected chi connectivity index (χ2v) is 3.90. The van der Waals surface area contributed by atoms with Crippen LogP contribution in [0.3, 0.4) is 0 Å². The molecule has 1 aromatic heterocycles. The van der Waals surface area contributed by atoms with E-state index >= 15 is 0 Å². The molecule has 0 aliphatic rings. The predicted molar refractivity (Wildman–Crippen MR) is 67.4 cm³/mol. The molecule has 1 heterocycles. The van der Waals surface area contributed by atoms with E-state index in [0.717, 1.165) is 6.07 Å². The van der Waals surface area contributed by atoms with E-state index in [0.29, 0.717) is 5.69 Å². The summed E-state index contributed by atoms with van der Waals surface area (Å²) in [6.07, 6.45) is -1.31. The normalized spacial score (nSPS) is 10.6. The molecule has 2 rings (SSSR count). The summed E-state index contributed by atoms with van der Waals surface area (Å²) in [7, 11) is 0. The fourth-order valence-corrected chi connectivity index (χ4v) is 1.62. The van der Waals surface area contributed by atoms with Gasteiger partial charge in [0.25, 0.3) is 12.1 Å². The summed E-state index contributed by atoms with van der Waals surface area (Å²) in [5.41, 5.74) is -0.0734. The van der Waals surface area contributed by atoms with Gasteiger partial charge in [-0.05, 0) is 18.2 Å². The molecule has 8 heteroatoms. The molecule has 0 aliphatic carbocycles. The lowest BCUT2D eigenvalue weighted by molar-refractivity contribution is -0.385. The van der Waals surface area contributed by atoms with E-state index in [4.69, 9.17) is 0 Å². The Bertz CT molecular complexity index is 608. The standard InChI is InChI=1S/C12H10F2N4O2/c13-12(14)10-6-9(18(19)20)3-4-11(10)15-7-8-2-1-5-16-17-8/h1-6,12,15H,7H2. The molecule has 0 unspecified atom stereocenters. The number of anilines is 1. The second-order valence-electron chi connectivity index (χ2n) is 3.90. The van der Waals surface area contributed by atoms with Crippen LogP contribution in [-0.2, 0) is 6.54 Å². The zero-order valence-electron chi connectivity index (χ0n) is 10.2. The number of nitrogens with zero attached hydrogens (tertiary/aromatic N) is 3. The van der Waals surface area contributed by atoms with Crippen LogP contribution in [0.4, 0.5) is 20.2 Å². The maximum atomic E-state index is 12.9. The first-order chi connectivity index (χ1) is 9.58. The molecule has 0 amide bonds. The van der Waals surface area contributed by atoms with Crippen LogP contribution < -0.4 is 5.32 Å². The minimum atomic E-state index is -2.81. The fourth-order valence-electron chi connectivity index (χ4n) is 1.62. The van der Waals surface area contributed by atoms with Gasteiger partial charge >= 0.3 is 0 Å². The van der Waals surface area contributed by atoms with Crippen molar-refractivity contribution in [2.24, 2.45) is 0 Å². The molecular weight excluding hydrogens is 270 g/mol. The van der Waals surface area contributed by atoms with Crippen molar-refractivity contribution in [1.29, 1.82) is 0 Å². The van der Waals surface area contributed by atoms with Crippen LogP contribution in [-0.4, -0.2) is 15.1 Å². The average Bonchev–Trinajstić information content (AvgIpc) is 2.45. The molecule has 0 bridgehead atoms. The van der Waals surface area contributed by atoms with Crippen LogP contribution in [0, 0.1) is 10.1 Å². The van der Waals surface area contributed by atoms with Crippen molar-refractivity contribution in [3.63, 3.8) is 0 Å². The van der Waals surface area contributed by atoms with Gasteiger partial charge in [0, 0.05) is 29.6 Å². The SMILES string of the molecule is O=[N+]([O-])c1ccc(NCc2cccnn2)c(C(F)F)c1. The van der Waals surface area contributed by atoms with E-state index in [1.54, 1.807) is 12.1 Å². The maximum absolute atomic E-state index is 12.9. The third-order valence-corrected chi connectivity index (χ3v) is 2.57. The third kappa shape index (κ3) is 3.22. The number of nitrogens with one attached hydrogen (secondary N) is 1. The van der Waals surface area contributed by atoms with E-state index in [2.05, 4.69) is 15.5 Å².